The van der Waals surface area contributed by atoms with E-state index in [1.807, 2.05) is 24.4 Å². The Morgan fingerprint density at radius 1 is 1.00 bits per heavy atom. The largest absolute Gasteiger partial charge is 0.379 e. The summed E-state index contributed by atoms with van der Waals surface area (Å²) in [4.78, 5) is 6.63. The van der Waals surface area contributed by atoms with Crippen molar-refractivity contribution in [3.63, 3.8) is 0 Å². The van der Waals surface area contributed by atoms with Crippen LogP contribution in [0, 0.1) is 0 Å². The van der Waals surface area contributed by atoms with Gasteiger partial charge in [0, 0.05) is 30.7 Å². The molecule has 0 unspecified atom stereocenters. The van der Waals surface area contributed by atoms with Gasteiger partial charge >= 0.3 is 0 Å². The summed E-state index contributed by atoms with van der Waals surface area (Å²) >= 11 is 0. The van der Waals surface area contributed by atoms with Gasteiger partial charge in [-0.25, -0.2) is 0 Å². The van der Waals surface area contributed by atoms with E-state index in [1.165, 1.54) is 5.69 Å². The minimum atomic E-state index is 0.755. The van der Waals surface area contributed by atoms with Gasteiger partial charge in [0.15, 0.2) is 0 Å². The molecular weight excluding hydrogens is 234 g/mol. The maximum absolute atomic E-state index is 4.30. The van der Waals surface area contributed by atoms with Crippen molar-refractivity contribution in [1.29, 1.82) is 0 Å². The minimum Gasteiger partial charge on any atom is -0.379 e. The second kappa shape index (κ2) is 6.78. The fourth-order valence-corrected chi connectivity index (χ4v) is 2.07. The predicted octanol–water partition coefficient (Wildman–Crippen LogP) is 3.54. The van der Waals surface area contributed by atoms with E-state index in [2.05, 4.69) is 53.3 Å². The lowest BCUT2D eigenvalue weighted by atomic mass is 10.2. The highest BCUT2D eigenvalue weighted by Crippen LogP contribution is 2.17. The van der Waals surface area contributed by atoms with Crippen LogP contribution >= 0.6 is 0 Å². The Labute approximate surface area is 115 Å². The maximum Gasteiger partial charge on any atom is 0.0594 e. The molecule has 0 radical (unpaired) electrons. The molecule has 0 atom stereocenters. The maximum atomic E-state index is 4.30. The first-order valence-corrected chi connectivity index (χ1v) is 6.82. The van der Waals surface area contributed by atoms with Crippen LogP contribution in [0.1, 0.15) is 19.5 Å². The van der Waals surface area contributed by atoms with Gasteiger partial charge in [-0.05, 0) is 50.2 Å². The second-order valence-electron chi connectivity index (χ2n) is 4.39. The highest BCUT2D eigenvalue weighted by molar-refractivity contribution is 5.55. The molecule has 0 bridgehead atoms. The Bertz CT molecular complexity index is 475. The topological polar surface area (TPSA) is 28.2 Å². The van der Waals surface area contributed by atoms with Crippen molar-refractivity contribution >= 4 is 11.4 Å². The third-order valence-corrected chi connectivity index (χ3v) is 3.20. The molecule has 0 aliphatic rings. The monoisotopic (exact) mass is 255 g/mol. The average molecular weight is 255 g/mol. The van der Waals surface area contributed by atoms with Crippen LogP contribution in [0.5, 0.6) is 0 Å². The van der Waals surface area contributed by atoms with E-state index in [9.17, 15) is 0 Å². The summed E-state index contributed by atoms with van der Waals surface area (Å²) in [6, 6.07) is 14.5. The normalized spacial score (nSPS) is 10.2. The molecular formula is C16H21N3. The number of rotatable bonds is 6. The number of nitrogens with zero attached hydrogens (tertiary/aromatic N) is 2. The van der Waals surface area contributed by atoms with Crippen LogP contribution in [0.3, 0.4) is 0 Å². The number of anilines is 2. The van der Waals surface area contributed by atoms with Crippen molar-refractivity contribution in [1.82, 2.24) is 4.98 Å². The number of aromatic nitrogens is 1. The van der Waals surface area contributed by atoms with Crippen molar-refractivity contribution in [3.8, 4) is 0 Å². The van der Waals surface area contributed by atoms with E-state index in [-0.39, 0.29) is 0 Å². The van der Waals surface area contributed by atoms with Crippen LogP contribution in [0.15, 0.2) is 48.7 Å². The van der Waals surface area contributed by atoms with Gasteiger partial charge in [-0.3, -0.25) is 4.98 Å². The van der Waals surface area contributed by atoms with Gasteiger partial charge in [-0.1, -0.05) is 6.07 Å². The van der Waals surface area contributed by atoms with Crippen LogP contribution < -0.4 is 10.2 Å². The summed E-state index contributed by atoms with van der Waals surface area (Å²) in [6.07, 6.45) is 1.82. The molecule has 0 fully saturated rings. The summed E-state index contributed by atoms with van der Waals surface area (Å²) in [6.45, 7) is 7.19. The Balaban J connectivity index is 1.95. The molecule has 0 saturated carbocycles. The van der Waals surface area contributed by atoms with Crippen LogP contribution in [0.4, 0.5) is 11.4 Å². The van der Waals surface area contributed by atoms with E-state index < -0.39 is 0 Å². The van der Waals surface area contributed by atoms with E-state index in [0.29, 0.717) is 0 Å². The number of benzene rings is 1. The summed E-state index contributed by atoms with van der Waals surface area (Å²) in [5, 5.41) is 3.38. The SMILES string of the molecule is CCN(CC)c1ccc(NCc2ccccn2)cc1. The first-order valence-electron chi connectivity index (χ1n) is 6.82. The molecule has 2 aromatic rings. The summed E-state index contributed by atoms with van der Waals surface area (Å²) in [5.41, 5.74) is 3.45. The molecule has 1 aromatic heterocycles. The van der Waals surface area contributed by atoms with Crippen LogP contribution in [-0.2, 0) is 6.54 Å². The molecule has 19 heavy (non-hydrogen) atoms. The zero-order valence-corrected chi connectivity index (χ0v) is 11.6. The molecule has 2 rings (SSSR count). The van der Waals surface area contributed by atoms with Crippen molar-refractivity contribution in [2.24, 2.45) is 0 Å². The quantitative estimate of drug-likeness (QED) is 0.855. The summed E-state index contributed by atoms with van der Waals surface area (Å²) in [5.74, 6) is 0. The van der Waals surface area contributed by atoms with Crippen molar-refractivity contribution < 1.29 is 0 Å². The Morgan fingerprint density at radius 2 is 1.74 bits per heavy atom. The van der Waals surface area contributed by atoms with Gasteiger partial charge < -0.3 is 10.2 Å². The Hall–Kier alpha value is -2.03. The van der Waals surface area contributed by atoms with Crippen LogP contribution in [0.2, 0.25) is 0 Å². The Kier molecular flexibility index (Phi) is 4.78. The van der Waals surface area contributed by atoms with Crippen LogP contribution in [0.25, 0.3) is 0 Å². The van der Waals surface area contributed by atoms with E-state index in [4.69, 9.17) is 0 Å². The molecule has 0 aliphatic carbocycles. The number of pyridine rings is 1. The highest BCUT2D eigenvalue weighted by atomic mass is 15.1. The van der Waals surface area contributed by atoms with E-state index >= 15 is 0 Å². The van der Waals surface area contributed by atoms with Gasteiger partial charge in [0.05, 0.1) is 12.2 Å². The molecule has 3 nitrogen and oxygen atoms in total. The standard InChI is InChI=1S/C16H21N3/c1-3-19(4-2)16-10-8-14(9-11-16)18-13-15-7-5-6-12-17-15/h5-12,18H,3-4,13H2,1-2H3. The van der Waals surface area contributed by atoms with Gasteiger partial charge in [-0.2, -0.15) is 0 Å². The van der Waals surface area contributed by atoms with E-state index in [0.717, 1.165) is 31.0 Å². The third-order valence-electron chi connectivity index (χ3n) is 3.20. The minimum absolute atomic E-state index is 0.755. The van der Waals surface area contributed by atoms with Gasteiger partial charge in [-0.15, -0.1) is 0 Å². The van der Waals surface area contributed by atoms with Crippen LogP contribution in [-0.4, -0.2) is 18.1 Å². The van der Waals surface area contributed by atoms with Gasteiger partial charge in [0.2, 0.25) is 0 Å². The van der Waals surface area contributed by atoms with Gasteiger partial charge in [0.25, 0.3) is 0 Å². The average Bonchev–Trinajstić information content (AvgIpc) is 2.49. The summed E-state index contributed by atoms with van der Waals surface area (Å²) < 4.78 is 0. The highest BCUT2D eigenvalue weighted by Gasteiger charge is 2.01. The fraction of sp³-hybridized carbons (Fsp3) is 0.312. The first-order chi connectivity index (χ1) is 9.33. The molecule has 100 valence electrons. The molecule has 0 aliphatic heterocycles. The van der Waals surface area contributed by atoms with E-state index in [1.54, 1.807) is 0 Å². The molecule has 3 heteroatoms. The third kappa shape index (κ3) is 3.71. The van der Waals surface area contributed by atoms with Crippen molar-refractivity contribution in [2.45, 2.75) is 20.4 Å². The molecule has 1 aromatic carbocycles. The van der Waals surface area contributed by atoms with Crippen molar-refractivity contribution in [2.75, 3.05) is 23.3 Å². The lowest BCUT2D eigenvalue weighted by molar-refractivity contribution is 0.866. The number of hydrogen-bond acceptors (Lipinski definition) is 3. The second-order valence-corrected chi connectivity index (χ2v) is 4.39. The predicted molar refractivity (Wildman–Crippen MR) is 81.6 cm³/mol. The fourth-order valence-electron chi connectivity index (χ4n) is 2.07. The first kappa shape index (κ1) is 13.4. The summed E-state index contributed by atoms with van der Waals surface area (Å²) in [7, 11) is 0. The lowest BCUT2D eigenvalue weighted by Crippen LogP contribution is -2.21. The molecule has 0 spiro atoms. The molecule has 0 saturated heterocycles. The zero-order valence-electron chi connectivity index (χ0n) is 11.6. The van der Waals surface area contributed by atoms with Gasteiger partial charge in [0.1, 0.15) is 0 Å². The Morgan fingerprint density at radius 3 is 2.32 bits per heavy atom. The lowest BCUT2D eigenvalue weighted by Gasteiger charge is -2.21. The molecule has 1 heterocycles. The number of hydrogen-bond donors (Lipinski definition) is 1. The smallest absolute Gasteiger partial charge is 0.0594 e. The zero-order chi connectivity index (χ0) is 13.5. The van der Waals surface area contributed by atoms with Crippen molar-refractivity contribution in [3.05, 3.63) is 54.4 Å². The molecule has 0 amide bonds. The number of nitrogens with one attached hydrogen (secondary N) is 1. The molecule has 1 N–H and O–H groups in total.